The number of phenols is 1. The van der Waals surface area contributed by atoms with Crippen LogP contribution in [0.25, 0.3) is 0 Å². The number of anilines is 1. The number of hydrogen-bond donors (Lipinski definition) is 2. The quantitative estimate of drug-likeness (QED) is 0.841. The predicted molar refractivity (Wildman–Crippen MR) is 76.2 cm³/mol. The molecular weight excluding hydrogens is 224 g/mol. The normalized spacial score (nSPS) is 17.3. The second-order valence-electron chi connectivity index (χ2n) is 5.43. The van der Waals surface area contributed by atoms with Crippen molar-refractivity contribution >= 4 is 5.69 Å². The van der Waals surface area contributed by atoms with Crippen LogP contribution in [0.15, 0.2) is 18.2 Å². The van der Waals surface area contributed by atoms with Crippen molar-refractivity contribution in [3.05, 3.63) is 23.8 Å². The predicted octanol–water partition coefficient (Wildman–Crippen LogP) is 2.91. The lowest BCUT2D eigenvalue weighted by atomic mass is 9.85. The minimum absolute atomic E-state index is 0.177. The molecule has 0 spiro atoms. The van der Waals surface area contributed by atoms with E-state index in [4.69, 9.17) is 0 Å². The summed E-state index contributed by atoms with van der Waals surface area (Å²) in [5, 5.41) is 13.2. The average Bonchev–Trinajstić information content (AvgIpc) is 2.32. The highest BCUT2D eigenvalue weighted by Crippen LogP contribution is 2.31. The molecule has 0 saturated heterocycles. The first-order chi connectivity index (χ1) is 8.61. The first kappa shape index (κ1) is 13.2. The fourth-order valence-corrected chi connectivity index (χ4v) is 2.46. The summed E-state index contributed by atoms with van der Waals surface area (Å²) in [5.74, 6) is 1.22. The second-order valence-corrected chi connectivity index (χ2v) is 5.43. The van der Waals surface area contributed by atoms with Crippen LogP contribution in [0.5, 0.6) is 5.75 Å². The first-order valence-corrected chi connectivity index (χ1v) is 6.83. The molecule has 3 nitrogen and oxygen atoms in total. The van der Waals surface area contributed by atoms with Crippen molar-refractivity contribution in [3.8, 4) is 5.75 Å². The molecule has 18 heavy (non-hydrogen) atoms. The van der Waals surface area contributed by atoms with Crippen LogP contribution in [0.2, 0.25) is 0 Å². The minimum atomic E-state index is 0.177. The third-order valence-electron chi connectivity index (χ3n) is 4.11. The summed E-state index contributed by atoms with van der Waals surface area (Å²) in [4.78, 5) is 2.25. The Morgan fingerprint density at radius 1 is 1.44 bits per heavy atom. The highest BCUT2D eigenvalue weighted by Gasteiger charge is 2.19. The Balaban J connectivity index is 2.07. The molecular formula is C15H24N2O. The zero-order chi connectivity index (χ0) is 13.1. The molecule has 1 aliphatic rings. The van der Waals surface area contributed by atoms with E-state index in [1.807, 2.05) is 26.1 Å². The molecule has 0 heterocycles. The van der Waals surface area contributed by atoms with E-state index in [2.05, 4.69) is 23.3 Å². The SMILES string of the molecule is CNC(C)c1ccc(N(C)CC2CCC2)cc1O. The van der Waals surface area contributed by atoms with Crippen molar-refractivity contribution in [1.29, 1.82) is 0 Å². The monoisotopic (exact) mass is 248 g/mol. The molecule has 1 aromatic rings. The summed E-state index contributed by atoms with van der Waals surface area (Å²) >= 11 is 0. The van der Waals surface area contributed by atoms with Crippen molar-refractivity contribution in [3.63, 3.8) is 0 Å². The van der Waals surface area contributed by atoms with Gasteiger partial charge >= 0.3 is 0 Å². The fourth-order valence-electron chi connectivity index (χ4n) is 2.46. The maximum Gasteiger partial charge on any atom is 0.122 e. The zero-order valence-electron chi connectivity index (χ0n) is 11.6. The number of hydrogen-bond acceptors (Lipinski definition) is 3. The molecule has 1 aliphatic carbocycles. The number of rotatable bonds is 5. The lowest BCUT2D eigenvalue weighted by Gasteiger charge is -2.31. The molecule has 1 aromatic carbocycles. The van der Waals surface area contributed by atoms with Gasteiger partial charge in [0.2, 0.25) is 0 Å². The fraction of sp³-hybridized carbons (Fsp3) is 0.600. The summed E-state index contributed by atoms with van der Waals surface area (Å²) in [6, 6.07) is 6.17. The van der Waals surface area contributed by atoms with Gasteiger partial charge in [-0.05, 0) is 38.8 Å². The van der Waals surface area contributed by atoms with Crippen molar-refractivity contribution in [1.82, 2.24) is 5.32 Å². The molecule has 2 rings (SSSR count). The molecule has 0 aliphatic heterocycles. The summed E-state index contributed by atoms with van der Waals surface area (Å²) in [5.41, 5.74) is 2.06. The van der Waals surface area contributed by atoms with Crippen LogP contribution in [0.4, 0.5) is 5.69 Å². The number of nitrogens with zero attached hydrogens (tertiary/aromatic N) is 1. The van der Waals surface area contributed by atoms with E-state index in [0.29, 0.717) is 5.75 Å². The molecule has 0 bridgehead atoms. The van der Waals surface area contributed by atoms with Gasteiger partial charge in [-0.15, -0.1) is 0 Å². The minimum Gasteiger partial charge on any atom is -0.508 e. The topological polar surface area (TPSA) is 35.5 Å². The van der Waals surface area contributed by atoms with Gasteiger partial charge in [0.1, 0.15) is 5.75 Å². The molecule has 1 saturated carbocycles. The molecule has 2 N–H and O–H groups in total. The molecule has 0 amide bonds. The van der Waals surface area contributed by atoms with Gasteiger partial charge < -0.3 is 15.3 Å². The van der Waals surface area contributed by atoms with Gasteiger partial charge in [0.05, 0.1) is 0 Å². The Kier molecular flexibility index (Phi) is 4.12. The van der Waals surface area contributed by atoms with E-state index in [1.54, 1.807) is 0 Å². The largest absolute Gasteiger partial charge is 0.508 e. The molecule has 1 atom stereocenters. The molecule has 3 heteroatoms. The first-order valence-electron chi connectivity index (χ1n) is 6.83. The highest BCUT2D eigenvalue weighted by atomic mass is 16.3. The average molecular weight is 248 g/mol. The van der Waals surface area contributed by atoms with Gasteiger partial charge in [0.25, 0.3) is 0 Å². The van der Waals surface area contributed by atoms with Gasteiger partial charge in [0, 0.05) is 37.0 Å². The van der Waals surface area contributed by atoms with Crippen LogP contribution in [0.1, 0.15) is 37.8 Å². The third kappa shape index (κ3) is 2.78. The van der Waals surface area contributed by atoms with Crippen molar-refractivity contribution in [2.24, 2.45) is 5.92 Å². The maximum absolute atomic E-state index is 10.1. The Morgan fingerprint density at radius 2 is 2.17 bits per heavy atom. The Hall–Kier alpha value is -1.22. The van der Waals surface area contributed by atoms with Gasteiger partial charge in [-0.3, -0.25) is 0 Å². The van der Waals surface area contributed by atoms with E-state index >= 15 is 0 Å². The molecule has 1 unspecified atom stereocenters. The van der Waals surface area contributed by atoms with Crippen molar-refractivity contribution in [2.45, 2.75) is 32.2 Å². The van der Waals surface area contributed by atoms with Crippen molar-refractivity contribution in [2.75, 3.05) is 25.5 Å². The van der Waals surface area contributed by atoms with Gasteiger partial charge in [0.15, 0.2) is 0 Å². The molecule has 100 valence electrons. The zero-order valence-corrected chi connectivity index (χ0v) is 11.6. The third-order valence-corrected chi connectivity index (χ3v) is 4.11. The smallest absolute Gasteiger partial charge is 0.122 e. The van der Waals surface area contributed by atoms with Gasteiger partial charge in [-0.2, -0.15) is 0 Å². The van der Waals surface area contributed by atoms with E-state index in [9.17, 15) is 5.11 Å². The van der Waals surface area contributed by atoms with Crippen LogP contribution < -0.4 is 10.2 Å². The highest BCUT2D eigenvalue weighted by molar-refractivity contribution is 5.53. The van der Waals surface area contributed by atoms with Crippen LogP contribution in [0, 0.1) is 5.92 Å². The van der Waals surface area contributed by atoms with E-state index in [-0.39, 0.29) is 6.04 Å². The molecule has 1 fully saturated rings. The Labute approximate surface area is 110 Å². The molecule has 0 aromatic heterocycles. The Morgan fingerprint density at radius 3 is 2.67 bits per heavy atom. The van der Waals surface area contributed by atoms with E-state index in [0.717, 1.165) is 23.7 Å². The van der Waals surface area contributed by atoms with Gasteiger partial charge in [-0.25, -0.2) is 0 Å². The Bertz CT molecular complexity index is 401. The van der Waals surface area contributed by atoms with Crippen LogP contribution >= 0.6 is 0 Å². The van der Waals surface area contributed by atoms with Crippen LogP contribution in [-0.2, 0) is 0 Å². The number of benzene rings is 1. The standard InChI is InChI=1S/C15H24N2O/c1-11(16-2)14-8-7-13(9-15(14)18)17(3)10-12-5-4-6-12/h7-9,11-12,16,18H,4-6,10H2,1-3H3. The maximum atomic E-state index is 10.1. The van der Waals surface area contributed by atoms with Crippen molar-refractivity contribution < 1.29 is 5.11 Å². The van der Waals surface area contributed by atoms with Crippen LogP contribution in [0.3, 0.4) is 0 Å². The van der Waals surface area contributed by atoms with Gasteiger partial charge in [-0.1, -0.05) is 12.5 Å². The number of nitrogens with one attached hydrogen (secondary N) is 1. The van der Waals surface area contributed by atoms with E-state index in [1.165, 1.54) is 19.3 Å². The van der Waals surface area contributed by atoms with E-state index < -0.39 is 0 Å². The van der Waals surface area contributed by atoms with Crippen LogP contribution in [-0.4, -0.2) is 25.7 Å². The summed E-state index contributed by atoms with van der Waals surface area (Å²) < 4.78 is 0. The molecule has 0 radical (unpaired) electrons. The summed E-state index contributed by atoms with van der Waals surface area (Å²) in [6.07, 6.45) is 4.08. The summed E-state index contributed by atoms with van der Waals surface area (Å²) in [7, 11) is 4.01. The number of phenolic OH excluding ortho intramolecular Hbond substituents is 1. The number of aromatic hydroxyl groups is 1. The lowest BCUT2D eigenvalue weighted by Crippen LogP contribution is -2.29. The lowest BCUT2D eigenvalue weighted by molar-refractivity contribution is 0.321. The second kappa shape index (κ2) is 5.61. The summed E-state index contributed by atoms with van der Waals surface area (Å²) in [6.45, 7) is 3.15.